The number of hydrogen-bond donors (Lipinski definition) is 2. The van der Waals surface area contributed by atoms with Crippen LogP contribution in [0.5, 0.6) is 0 Å². The van der Waals surface area contributed by atoms with E-state index < -0.39 is 33.8 Å². The van der Waals surface area contributed by atoms with Gasteiger partial charge in [0.1, 0.15) is 6.10 Å². The Kier molecular flexibility index (Phi) is 7.25. The van der Waals surface area contributed by atoms with Crippen LogP contribution < -0.4 is 0 Å². The molecule has 2 N–H and O–H groups in total. The van der Waals surface area contributed by atoms with Crippen LogP contribution in [0.2, 0.25) is 0 Å². The summed E-state index contributed by atoms with van der Waals surface area (Å²) in [4.78, 5) is 0.301. The van der Waals surface area contributed by atoms with Crippen molar-refractivity contribution >= 4 is 21.6 Å². The number of hydrogen-bond acceptors (Lipinski definition) is 4. The predicted octanol–water partition coefficient (Wildman–Crippen LogP) is -0.241. The van der Waals surface area contributed by atoms with Gasteiger partial charge in [-0.15, -0.1) is 0 Å². The minimum absolute atomic E-state index is 0.0145. The van der Waals surface area contributed by atoms with Crippen molar-refractivity contribution in [3.05, 3.63) is 11.0 Å². The van der Waals surface area contributed by atoms with Crippen molar-refractivity contribution in [2.45, 2.75) is 25.6 Å². The molecular formula is C9H18O4S2. The van der Waals surface area contributed by atoms with Crippen LogP contribution in [0.15, 0.2) is 11.0 Å². The molecule has 90 valence electrons. The van der Waals surface area contributed by atoms with Gasteiger partial charge >= 0.3 is 0 Å². The molecule has 0 amide bonds. The molecule has 0 aromatic rings. The highest BCUT2D eigenvalue weighted by atomic mass is 32.2. The zero-order valence-electron chi connectivity index (χ0n) is 9.17. The lowest BCUT2D eigenvalue weighted by Crippen LogP contribution is -2.33. The fourth-order valence-electron chi connectivity index (χ4n) is 1.13. The predicted molar refractivity (Wildman–Crippen MR) is 63.4 cm³/mol. The van der Waals surface area contributed by atoms with Gasteiger partial charge in [-0.2, -0.15) is 0 Å². The molecule has 0 aliphatic carbocycles. The average Bonchev–Trinajstić information content (AvgIpc) is 2.11. The summed E-state index contributed by atoms with van der Waals surface area (Å²) in [6.07, 6.45) is 2.83. The summed E-state index contributed by atoms with van der Waals surface area (Å²) in [7, 11) is -2.50. The van der Waals surface area contributed by atoms with Crippen LogP contribution >= 0.6 is 0 Å². The molecule has 0 aliphatic rings. The van der Waals surface area contributed by atoms with E-state index >= 15 is 0 Å². The van der Waals surface area contributed by atoms with Crippen molar-refractivity contribution in [1.29, 1.82) is 0 Å². The van der Waals surface area contributed by atoms with E-state index in [1.165, 1.54) is 12.5 Å². The van der Waals surface area contributed by atoms with Crippen LogP contribution in [0.3, 0.4) is 0 Å². The van der Waals surface area contributed by atoms with Gasteiger partial charge in [-0.3, -0.25) is 8.42 Å². The van der Waals surface area contributed by atoms with Crippen molar-refractivity contribution < 1.29 is 18.6 Å². The van der Waals surface area contributed by atoms with Gasteiger partial charge in [0.05, 0.1) is 11.9 Å². The van der Waals surface area contributed by atoms with Gasteiger partial charge in [0.2, 0.25) is 0 Å². The highest BCUT2D eigenvalue weighted by Gasteiger charge is 2.23. The lowest BCUT2D eigenvalue weighted by Gasteiger charge is -2.18. The third kappa shape index (κ3) is 5.55. The Morgan fingerprint density at radius 3 is 2.20 bits per heavy atom. The van der Waals surface area contributed by atoms with Gasteiger partial charge in [-0.1, -0.05) is 13.0 Å². The molecular weight excluding hydrogens is 236 g/mol. The molecule has 0 heterocycles. The lowest BCUT2D eigenvalue weighted by molar-refractivity contribution is 0.0618. The minimum atomic E-state index is -1.32. The largest absolute Gasteiger partial charge is 0.389 e. The van der Waals surface area contributed by atoms with Gasteiger partial charge in [0.25, 0.3) is 0 Å². The summed E-state index contributed by atoms with van der Waals surface area (Å²) in [5, 5.41) is 19.2. The fourth-order valence-corrected chi connectivity index (χ4v) is 2.69. The van der Waals surface area contributed by atoms with Crippen LogP contribution in [-0.4, -0.2) is 49.1 Å². The first-order chi connectivity index (χ1) is 6.90. The third-order valence-corrected chi connectivity index (χ3v) is 3.68. The molecule has 0 aliphatic heterocycles. The monoisotopic (exact) mass is 254 g/mol. The van der Waals surface area contributed by atoms with Crippen LogP contribution in [-0.2, 0) is 21.6 Å². The molecule has 0 rings (SSSR count). The molecule has 6 heteroatoms. The summed E-state index contributed by atoms with van der Waals surface area (Å²) in [6.45, 7) is 1.85. The van der Waals surface area contributed by atoms with E-state index in [0.29, 0.717) is 11.3 Å². The van der Waals surface area contributed by atoms with Gasteiger partial charge < -0.3 is 10.2 Å². The summed E-state index contributed by atoms with van der Waals surface area (Å²) in [5.74, 6) is -0.0145. The molecule has 4 atom stereocenters. The van der Waals surface area contributed by atoms with Crippen molar-refractivity contribution in [3.63, 3.8) is 0 Å². The molecule has 0 aromatic heterocycles. The minimum Gasteiger partial charge on any atom is -0.389 e. The van der Waals surface area contributed by atoms with Gasteiger partial charge in [-0.05, 0) is 6.42 Å². The maximum atomic E-state index is 11.3. The molecule has 0 aromatic carbocycles. The number of aliphatic hydroxyl groups is 2. The summed E-state index contributed by atoms with van der Waals surface area (Å²) in [6, 6.07) is 0. The van der Waals surface area contributed by atoms with E-state index in [-0.39, 0.29) is 5.75 Å². The van der Waals surface area contributed by atoms with Gasteiger partial charge in [0.15, 0.2) is 0 Å². The molecule has 0 radical (unpaired) electrons. The van der Waals surface area contributed by atoms with E-state index in [4.69, 9.17) is 0 Å². The molecule has 15 heavy (non-hydrogen) atoms. The summed E-state index contributed by atoms with van der Waals surface area (Å²) < 4.78 is 22.1. The van der Waals surface area contributed by atoms with Gasteiger partial charge in [0, 0.05) is 39.0 Å². The number of allylic oxidation sites excluding steroid dienone is 1. The molecule has 4 unspecified atom stereocenters. The van der Waals surface area contributed by atoms with E-state index in [0.717, 1.165) is 0 Å². The second-order valence-electron chi connectivity index (χ2n) is 3.22. The standard InChI is InChI=1S/C9H18O4S2/c1-4-5-8(15(3)13)9(11)7(10)6-14(2)12/h5,7,9-11H,4,6H2,1-3H3. The first-order valence-corrected chi connectivity index (χ1v) is 7.88. The van der Waals surface area contributed by atoms with E-state index in [1.54, 1.807) is 6.08 Å². The van der Waals surface area contributed by atoms with Crippen LogP contribution in [0.4, 0.5) is 0 Å². The Morgan fingerprint density at radius 1 is 1.33 bits per heavy atom. The summed E-state index contributed by atoms with van der Waals surface area (Å²) >= 11 is 0. The molecule has 4 nitrogen and oxygen atoms in total. The van der Waals surface area contributed by atoms with Crippen molar-refractivity contribution in [3.8, 4) is 0 Å². The van der Waals surface area contributed by atoms with Crippen molar-refractivity contribution in [1.82, 2.24) is 0 Å². The Bertz CT molecular complexity index is 275. The third-order valence-electron chi connectivity index (χ3n) is 1.80. The topological polar surface area (TPSA) is 74.6 Å². The van der Waals surface area contributed by atoms with Crippen LogP contribution in [0, 0.1) is 0 Å². The lowest BCUT2D eigenvalue weighted by atomic mass is 10.2. The Balaban J connectivity index is 4.63. The summed E-state index contributed by atoms with van der Waals surface area (Å²) in [5.41, 5.74) is 0. The zero-order chi connectivity index (χ0) is 12.0. The maximum absolute atomic E-state index is 11.3. The highest BCUT2D eigenvalue weighted by molar-refractivity contribution is 7.88. The molecule has 0 saturated heterocycles. The normalized spacial score (nSPS) is 20.7. The maximum Gasteiger partial charge on any atom is 0.114 e. The van der Waals surface area contributed by atoms with Crippen LogP contribution in [0.25, 0.3) is 0 Å². The fraction of sp³-hybridized carbons (Fsp3) is 0.778. The SMILES string of the molecule is CCC=C(C(O)C(O)CS(C)=O)S(C)=O. The Labute approximate surface area is 95.3 Å². The zero-order valence-corrected chi connectivity index (χ0v) is 10.8. The van der Waals surface area contributed by atoms with Crippen LogP contribution in [0.1, 0.15) is 13.3 Å². The Hall–Kier alpha value is -0.0400. The average molecular weight is 254 g/mol. The van der Waals surface area contributed by atoms with E-state index in [1.807, 2.05) is 6.92 Å². The highest BCUT2D eigenvalue weighted by Crippen LogP contribution is 2.12. The first-order valence-electron chi connectivity index (χ1n) is 4.59. The van der Waals surface area contributed by atoms with Gasteiger partial charge in [-0.25, -0.2) is 0 Å². The molecule has 0 saturated carbocycles. The van der Waals surface area contributed by atoms with Crippen molar-refractivity contribution in [2.24, 2.45) is 0 Å². The van der Waals surface area contributed by atoms with Crippen molar-refractivity contribution in [2.75, 3.05) is 18.3 Å². The van der Waals surface area contributed by atoms with E-state index in [9.17, 15) is 18.6 Å². The number of aliphatic hydroxyl groups excluding tert-OH is 2. The number of rotatable bonds is 6. The second-order valence-corrected chi connectivity index (χ2v) is 6.08. The molecule has 0 spiro atoms. The molecule has 0 bridgehead atoms. The van der Waals surface area contributed by atoms with E-state index in [2.05, 4.69) is 0 Å². The quantitative estimate of drug-likeness (QED) is 0.686. The second kappa shape index (κ2) is 7.27. The Morgan fingerprint density at radius 2 is 1.87 bits per heavy atom. The smallest absolute Gasteiger partial charge is 0.114 e. The first kappa shape index (κ1) is 15.0. The molecule has 0 fully saturated rings.